The summed E-state index contributed by atoms with van der Waals surface area (Å²) in [5, 5.41) is 1.25. The van der Waals surface area contributed by atoms with Gasteiger partial charge in [0.2, 0.25) is 0 Å². The molecule has 0 bridgehead atoms. The molecule has 0 spiro atoms. The summed E-state index contributed by atoms with van der Waals surface area (Å²) in [5.74, 6) is 1.19. The molecule has 1 aliphatic rings. The summed E-state index contributed by atoms with van der Waals surface area (Å²) in [5.41, 5.74) is 0. The molecule has 2 aromatic heterocycles. The van der Waals surface area contributed by atoms with Gasteiger partial charge in [-0.25, -0.2) is 8.42 Å². The van der Waals surface area contributed by atoms with Gasteiger partial charge in [0.05, 0.1) is 23.1 Å². The molecular formula is C19H18ClNO4S2. The highest BCUT2D eigenvalue weighted by Crippen LogP contribution is 2.37. The lowest BCUT2D eigenvalue weighted by atomic mass is 10.2. The van der Waals surface area contributed by atoms with Crippen molar-refractivity contribution in [3.05, 3.63) is 57.8 Å². The van der Waals surface area contributed by atoms with Gasteiger partial charge in [0.1, 0.15) is 16.4 Å². The zero-order valence-corrected chi connectivity index (χ0v) is 17.0. The Balaban J connectivity index is 1.72. The van der Waals surface area contributed by atoms with Crippen LogP contribution in [0.1, 0.15) is 27.6 Å². The summed E-state index contributed by atoms with van der Waals surface area (Å²) >= 11 is 7.82. The predicted molar refractivity (Wildman–Crippen MR) is 107 cm³/mol. The minimum absolute atomic E-state index is 0.0268. The molecule has 0 unspecified atom stereocenters. The molecule has 1 saturated heterocycles. The molecule has 3 aromatic rings. The second kappa shape index (κ2) is 6.96. The van der Waals surface area contributed by atoms with Crippen molar-refractivity contribution in [2.24, 2.45) is 0 Å². The maximum Gasteiger partial charge on any atom is 0.266 e. The number of carbonyl (C=O) groups is 1. The van der Waals surface area contributed by atoms with Crippen LogP contribution in [-0.2, 0) is 16.4 Å². The number of fused-ring (bicyclic) bond motifs is 1. The fourth-order valence-electron chi connectivity index (χ4n) is 3.41. The molecule has 1 atom stereocenters. The van der Waals surface area contributed by atoms with Gasteiger partial charge >= 0.3 is 0 Å². The van der Waals surface area contributed by atoms with E-state index in [4.69, 9.17) is 16.0 Å². The van der Waals surface area contributed by atoms with Gasteiger partial charge in [0.25, 0.3) is 5.91 Å². The van der Waals surface area contributed by atoms with Crippen LogP contribution in [0.5, 0.6) is 0 Å². The summed E-state index contributed by atoms with van der Waals surface area (Å²) in [6.07, 6.45) is 0.427. The summed E-state index contributed by atoms with van der Waals surface area (Å²) in [6.45, 7) is 2.05. The van der Waals surface area contributed by atoms with Crippen LogP contribution in [0, 0.1) is 6.92 Å². The molecule has 1 amide bonds. The minimum Gasteiger partial charge on any atom is -0.464 e. The molecule has 142 valence electrons. The predicted octanol–water partition coefficient (Wildman–Crippen LogP) is 4.29. The maximum atomic E-state index is 13.4. The fourth-order valence-corrected chi connectivity index (χ4v) is 6.61. The van der Waals surface area contributed by atoms with Crippen LogP contribution in [0.2, 0.25) is 5.02 Å². The van der Waals surface area contributed by atoms with Gasteiger partial charge in [-0.2, -0.15) is 0 Å². The lowest BCUT2D eigenvalue weighted by molar-refractivity contribution is 0.0671. The van der Waals surface area contributed by atoms with Crippen molar-refractivity contribution >= 4 is 48.8 Å². The van der Waals surface area contributed by atoms with E-state index in [1.807, 2.05) is 43.3 Å². The lowest BCUT2D eigenvalue weighted by Gasteiger charge is -2.27. The zero-order valence-electron chi connectivity index (χ0n) is 14.6. The van der Waals surface area contributed by atoms with E-state index >= 15 is 0 Å². The van der Waals surface area contributed by atoms with E-state index in [9.17, 15) is 13.2 Å². The second-order valence-corrected chi connectivity index (χ2v) is 10.4. The standard InChI is InChI=1S/C19H18ClNO4S2/c1-12-6-7-14(25-12)10-21(13-8-9-27(23,24)11-13)19(22)18-17(20)15-4-2-3-5-16(15)26-18/h2-7,13H,8-11H2,1H3/t13-/m0/s1. The van der Waals surface area contributed by atoms with Crippen molar-refractivity contribution in [1.29, 1.82) is 0 Å². The van der Waals surface area contributed by atoms with Gasteiger partial charge in [-0.1, -0.05) is 29.8 Å². The summed E-state index contributed by atoms with van der Waals surface area (Å²) in [6, 6.07) is 10.8. The van der Waals surface area contributed by atoms with Gasteiger partial charge < -0.3 is 9.32 Å². The normalized spacial score (nSPS) is 18.8. The smallest absolute Gasteiger partial charge is 0.266 e. The van der Waals surface area contributed by atoms with Crippen LogP contribution in [-0.4, -0.2) is 36.8 Å². The van der Waals surface area contributed by atoms with Crippen molar-refractivity contribution in [3.8, 4) is 0 Å². The molecule has 8 heteroatoms. The zero-order chi connectivity index (χ0) is 19.2. The van der Waals surface area contributed by atoms with Crippen molar-refractivity contribution < 1.29 is 17.6 Å². The molecule has 1 aromatic carbocycles. The van der Waals surface area contributed by atoms with E-state index in [0.717, 1.165) is 15.8 Å². The molecule has 27 heavy (non-hydrogen) atoms. The number of sulfone groups is 1. The molecule has 0 N–H and O–H groups in total. The number of amides is 1. The van der Waals surface area contributed by atoms with Gasteiger partial charge in [-0.3, -0.25) is 4.79 Å². The summed E-state index contributed by atoms with van der Waals surface area (Å²) in [7, 11) is -3.13. The van der Waals surface area contributed by atoms with Crippen LogP contribution >= 0.6 is 22.9 Å². The molecule has 1 fully saturated rings. The van der Waals surface area contributed by atoms with Crippen molar-refractivity contribution in [3.63, 3.8) is 0 Å². The Bertz CT molecular complexity index is 1120. The summed E-state index contributed by atoms with van der Waals surface area (Å²) < 4.78 is 30.5. The fraction of sp³-hybridized carbons (Fsp3) is 0.316. The number of furan rings is 1. The van der Waals surface area contributed by atoms with Gasteiger partial charge in [-0.05, 0) is 31.5 Å². The minimum atomic E-state index is -3.13. The lowest BCUT2D eigenvalue weighted by Crippen LogP contribution is -2.40. The van der Waals surface area contributed by atoms with E-state index in [0.29, 0.717) is 22.1 Å². The summed E-state index contributed by atoms with van der Waals surface area (Å²) in [4.78, 5) is 15.4. The first-order valence-corrected chi connectivity index (χ1v) is 11.6. The van der Waals surface area contributed by atoms with E-state index in [1.165, 1.54) is 11.3 Å². The van der Waals surface area contributed by atoms with Crippen LogP contribution in [0.3, 0.4) is 0 Å². The number of rotatable bonds is 4. The first kappa shape index (κ1) is 18.5. The van der Waals surface area contributed by atoms with Gasteiger partial charge in [0.15, 0.2) is 9.84 Å². The van der Waals surface area contributed by atoms with Crippen LogP contribution in [0.4, 0.5) is 0 Å². The Morgan fingerprint density at radius 1 is 1.30 bits per heavy atom. The average molecular weight is 424 g/mol. The number of benzene rings is 1. The monoisotopic (exact) mass is 423 g/mol. The molecule has 1 aliphatic heterocycles. The maximum absolute atomic E-state index is 13.4. The van der Waals surface area contributed by atoms with E-state index in [-0.39, 0.29) is 30.0 Å². The number of hydrogen-bond donors (Lipinski definition) is 0. The highest BCUT2D eigenvalue weighted by molar-refractivity contribution is 7.91. The SMILES string of the molecule is Cc1ccc(CN(C(=O)c2sc3ccccc3c2Cl)[C@H]2CCS(=O)(=O)C2)o1. The van der Waals surface area contributed by atoms with Gasteiger partial charge in [0, 0.05) is 16.1 Å². The molecule has 0 radical (unpaired) electrons. The Hall–Kier alpha value is -1.83. The number of nitrogens with zero attached hydrogens (tertiary/aromatic N) is 1. The molecular weight excluding hydrogens is 406 g/mol. The molecule has 5 nitrogen and oxygen atoms in total. The number of thiophene rings is 1. The van der Waals surface area contributed by atoms with Crippen LogP contribution in [0.25, 0.3) is 10.1 Å². The van der Waals surface area contributed by atoms with E-state index in [2.05, 4.69) is 0 Å². The molecule has 0 aliphatic carbocycles. The average Bonchev–Trinajstić information content (AvgIpc) is 3.30. The molecule has 0 saturated carbocycles. The molecule has 4 rings (SSSR count). The largest absolute Gasteiger partial charge is 0.464 e. The first-order valence-electron chi connectivity index (χ1n) is 8.58. The quantitative estimate of drug-likeness (QED) is 0.627. The third kappa shape index (κ3) is 3.63. The highest BCUT2D eigenvalue weighted by Gasteiger charge is 2.36. The molecule has 3 heterocycles. The Morgan fingerprint density at radius 2 is 2.07 bits per heavy atom. The Morgan fingerprint density at radius 3 is 2.70 bits per heavy atom. The van der Waals surface area contributed by atoms with Crippen LogP contribution < -0.4 is 0 Å². The van der Waals surface area contributed by atoms with Crippen molar-refractivity contribution in [2.75, 3.05) is 11.5 Å². The Kier molecular flexibility index (Phi) is 4.78. The van der Waals surface area contributed by atoms with Crippen molar-refractivity contribution in [2.45, 2.75) is 25.9 Å². The number of halogens is 1. The Labute approximate surface area is 166 Å². The highest BCUT2D eigenvalue weighted by atomic mass is 35.5. The van der Waals surface area contributed by atoms with Crippen LogP contribution in [0.15, 0.2) is 40.8 Å². The van der Waals surface area contributed by atoms with Gasteiger partial charge in [-0.15, -0.1) is 11.3 Å². The third-order valence-corrected chi connectivity index (χ3v) is 8.18. The van der Waals surface area contributed by atoms with Crippen molar-refractivity contribution in [1.82, 2.24) is 4.90 Å². The second-order valence-electron chi connectivity index (χ2n) is 6.74. The number of carbonyl (C=O) groups excluding carboxylic acids is 1. The number of hydrogen-bond acceptors (Lipinski definition) is 5. The first-order chi connectivity index (χ1) is 12.8. The number of aryl methyl sites for hydroxylation is 1. The third-order valence-electron chi connectivity index (χ3n) is 4.76. The topological polar surface area (TPSA) is 67.6 Å². The van der Waals surface area contributed by atoms with E-state index in [1.54, 1.807) is 4.90 Å². The van der Waals surface area contributed by atoms with E-state index < -0.39 is 9.84 Å².